The fourth-order valence-electron chi connectivity index (χ4n) is 4.85. The molecule has 1 heterocycles. The molecule has 2 N–H and O–H groups in total. The summed E-state index contributed by atoms with van der Waals surface area (Å²) in [6.45, 7) is 4.19. The van der Waals surface area contributed by atoms with Crippen LogP contribution in [0.4, 0.5) is 21.0 Å². The minimum absolute atomic E-state index is 0.298. The average molecular weight is 517 g/mol. The van der Waals surface area contributed by atoms with Gasteiger partial charge in [-0.3, -0.25) is 10.1 Å². The number of urea groups is 2. The Balaban J connectivity index is 1.64. The second kappa shape index (κ2) is 10.5. The van der Waals surface area contributed by atoms with Crippen molar-refractivity contribution in [3.63, 3.8) is 0 Å². The number of anilines is 2. The zero-order valence-electron chi connectivity index (χ0n) is 19.9. The Morgan fingerprint density at radius 3 is 2.51 bits per heavy atom. The number of amides is 4. The number of rotatable bonds is 6. The maximum atomic E-state index is 13.7. The largest absolute Gasteiger partial charge is 0.347 e. The van der Waals surface area contributed by atoms with Crippen molar-refractivity contribution in [2.45, 2.75) is 57.7 Å². The first-order chi connectivity index (χ1) is 16.7. The smallest absolute Gasteiger partial charge is 0.315 e. The molecule has 0 unspecified atom stereocenters. The van der Waals surface area contributed by atoms with Crippen LogP contribution in [-0.4, -0.2) is 45.5 Å². The van der Waals surface area contributed by atoms with Gasteiger partial charge in [-0.05, 0) is 82.3 Å². The van der Waals surface area contributed by atoms with E-state index in [2.05, 4.69) is 11.4 Å². The van der Waals surface area contributed by atoms with Crippen LogP contribution in [0.5, 0.6) is 0 Å². The molecule has 4 amide bonds. The molecule has 1 aliphatic carbocycles. The van der Waals surface area contributed by atoms with Gasteiger partial charge in [0.05, 0.1) is 5.54 Å². The highest BCUT2D eigenvalue weighted by Gasteiger charge is 2.55. The Morgan fingerprint density at radius 1 is 1.14 bits per heavy atom. The summed E-state index contributed by atoms with van der Waals surface area (Å²) in [6, 6.07) is 12.4. The van der Waals surface area contributed by atoms with E-state index in [9.17, 15) is 14.8 Å². The molecule has 1 saturated heterocycles. The summed E-state index contributed by atoms with van der Waals surface area (Å²) < 4.78 is 0. The molecule has 35 heavy (non-hydrogen) atoms. The quantitative estimate of drug-likeness (QED) is 0.243. The molecule has 2 aliphatic rings. The van der Waals surface area contributed by atoms with Gasteiger partial charge >= 0.3 is 12.1 Å². The summed E-state index contributed by atoms with van der Waals surface area (Å²) >= 11 is 12.3. The van der Waals surface area contributed by atoms with E-state index >= 15 is 0 Å². The van der Waals surface area contributed by atoms with Gasteiger partial charge in [-0.15, -0.1) is 0 Å². The van der Waals surface area contributed by atoms with E-state index in [0.717, 1.165) is 25.7 Å². The Kier molecular flexibility index (Phi) is 7.59. The molecule has 2 aromatic rings. The molecule has 1 fully saturated rings. The first kappa shape index (κ1) is 25.4. The molecule has 186 valence electrons. The molecule has 7 nitrogen and oxygen atoms in total. The molecule has 9 heteroatoms. The lowest BCUT2D eigenvalue weighted by molar-refractivity contribution is -0.0947. The van der Waals surface area contributed by atoms with E-state index in [-0.39, 0.29) is 6.03 Å². The Morgan fingerprint density at radius 2 is 1.86 bits per heavy atom. The van der Waals surface area contributed by atoms with E-state index in [4.69, 9.17) is 23.2 Å². The standard InChI is InChI=1S/C26H30Cl2N4O3/c1-26(2)23(32(35)24(33)29-21-12-6-10-19(27)16-21)31(22-13-7-11-20(28)17-22)25(34)30(26)15-14-18-8-4-3-5-9-18/h6-8,10-13,16-17,23,35H,3-5,9,14-15H2,1-2H3,(H,29,33)/t23-/m0/s1. The van der Waals surface area contributed by atoms with Gasteiger partial charge in [-0.1, -0.05) is 47.0 Å². The van der Waals surface area contributed by atoms with Crippen LogP contribution >= 0.6 is 23.2 Å². The van der Waals surface area contributed by atoms with Crippen LogP contribution in [0.2, 0.25) is 10.0 Å². The van der Waals surface area contributed by atoms with Crippen molar-refractivity contribution >= 4 is 46.6 Å². The fraction of sp³-hybridized carbons (Fsp3) is 0.385. The van der Waals surface area contributed by atoms with Crippen molar-refractivity contribution in [1.29, 1.82) is 0 Å². The number of nitrogens with one attached hydrogen (secondary N) is 1. The Hall–Kier alpha value is -2.74. The number of halogens is 2. The Bertz CT molecular complexity index is 1140. The maximum absolute atomic E-state index is 13.7. The van der Waals surface area contributed by atoms with Crippen molar-refractivity contribution < 1.29 is 14.8 Å². The van der Waals surface area contributed by atoms with Gasteiger partial charge in [0.2, 0.25) is 0 Å². The fourth-order valence-corrected chi connectivity index (χ4v) is 5.23. The molecule has 0 aromatic heterocycles. The van der Waals surface area contributed by atoms with E-state index < -0.39 is 17.7 Å². The zero-order valence-corrected chi connectivity index (χ0v) is 21.4. The summed E-state index contributed by atoms with van der Waals surface area (Å²) in [5.41, 5.74) is 1.36. The highest BCUT2D eigenvalue weighted by molar-refractivity contribution is 6.31. The molecule has 0 spiro atoms. The van der Waals surface area contributed by atoms with Gasteiger partial charge < -0.3 is 10.2 Å². The van der Waals surface area contributed by atoms with Gasteiger partial charge in [-0.2, -0.15) is 5.06 Å². The number of carbonyl (C=O) groups excluding carboxylic acids is 2. The summed E-state index contributed by atoms with van der Waals surface area (Å²) in [5, 5.41) is 15.3. The van der Waals surface area contributed by atoms with Crippen molar-refractivity contribution in [2.75, 3.05) is 16.8 Å². The third kappa shape index (κ3) is 5.42. The molecule has 1 atom stereocenters. The van der Waals surface area contributed by atoms with Crippen molar-refractivity contribution in [3.8, 4) is 0 Å². The highest BCUT2D eigenvalue weighted by Crippen LogP contribution is 2.39. The molecular formula is C26H30Cl2N4O3. The lowest BCUT2D eigenvalue weighted by Gasteiger charge is -2.38. The minimum Gasteiger partial charge on any atom is -0.315 e. The lowest BCUT2D eigenvalue weighted by Crippen LogP contribution is -2.58. The monoisotopic (exact) mass is 516 g/mol. The second-order valence-electron chi connectivity index (χ2n) is 9.45. The predicted molar refractivity (Wildman–Crippen MR) is 139 cm³/mol. The van der Waals surface area contributed by atoms with Crippen molar-refractivity contribution in [1.82, 2.24) is 9.96 Å². The molecule has 4 rings (SSSR count). The van der Waals surface area contributed by atoms with Gasteiger partial charge in [0.15, 0.2) is 6.17 Å². The SMILES string of the molecule is CC1(C)[C@H](N(O)C(=O)Nc2cccc(Cl)c2)N(c2cccc(Cl)c2)C(=O)N1CCC1=CCCCC1. The number of nitrogens with zero attached hydrogens (tertiary/aromatic N) is 3. The number of hydroxylamine groups is 2. The minimum atomic E-state index is -1.01. The first-order valence-corrected chi connectivity index (χ1v) is 12.5. The van der Waals surface area contributed by atoms with E-state index in [0.29, 0.717) is 33.0 Å². The Labute approximate surface area is 215 Å². The van der Waals surface area contributed by atoms with E-state index in [1.165, 1.54) is 16.9 Å². The molecule has 0 bridgehead atoms. The van der Waals surface area contributed by atoms with Crippen LogP contribution in [-0.2, 0) is 0 Å². The molecule has 1 aliphatic heterocycles. The molecule has 2 aromatic carbocycles. The van der Waals surface area contributed by atoms with E-state index in [1.54, 1.807) is 53.4 Å². The van der Waals surface area contributed by atoms with Crippen molar-refractivity contribution in [2.24, 2.45) is 0 Å². The number of allylic oxidation sites excluding steroid dienone is 1. The predicted octanol–water partition coefficient (Wildman–Crippen LogP) is 7.15. The molecule has 0 radical (unpaired) electrons. The van der Waals surface area contributed by atoms with Gasteiger partial charge in [-0.25, -0.2) is 9.59 Å². The third-order valence-corrected chi connectivity index (χ3v) is 7.12. The number of hydrogen-bond acceptors (Lipinski definition) is 3. The topological polar surface area (TPSA) is 76.1 Å². The van der Waals surface area contributed by atoms with Crippen LogP contribution in [0.15, 0.2) is 60.2 Å². The van der Waals surface area contributed by atoms with Crippen LogP contribution in [0.25, 0.3) is 0 Å². The summed E-state index contributed by atoms with van der Waals surface area (Å²) in [4.78, 5) is 30.0. The van der Waals surface area contributed by atoms with Gasteiger partial charge in [0, 0.05) is 28.0 Å². The first-order valence-electron chi connectivity index (χ1n) is 11.8. The van der Waals surface area contributed by atoms with Gasteiger partial charge in [0.1, 0.15) is 0 Å². The van der Waals surface area contributed by atoms with Crippen LogP contribution in [0, 0.1) is 0 Å². The number of carbonyl (C=O) groups is 2. The summed E-state index contributed by atoms with van der Waals surface area (Å²) in [7, 11) is 0. The molecular weight excluding hydrogens is 487 g/mol. The lowest BCUT2D eigenvalue weighted by atomic mass is 9.95. The van der Waals surface area contributed by atoms with Crippen LogP contribution in [0.1, 0.15) is 46.0 Å². The zero-order chi connectivity index (χ0) is 25.2. The molecule has 0 saturated carbocycles. The summed E-state index contributed by atoms with van der Waals surface area (Å²) in [5.74, 6) is 0. The number of hydrogen-bond donors (Lipinski definition) is 2. The maximum Gasteiger partial charge on any atom is 0.347 e. The van der Waals surface area contributed by atoms with Crippen LogP contribution < -0.4 is 10.2 Å². The third-order valence-electron chi connectivity index (χ3n) is 6.65. The second-order valence-corrected chi connectivity index (χ2v) is 10.3. The number of benzene rings is 2. The van der Waals surface area contributed by atoms with Gasteiger partial charge in [0.25, 0.3) is 0 Å². The normalized spacial score (nSPS) is 19.5. The average Bonchev–Trinajstić information content (AvgIpc) is 3.02. The van der Waals surface area contributed by atoms with E-state index in [1.807, 2.05) is 13.8 Å². The highest BCUT2D eigenvalue weighted by atomic mass is 35.5. The van der Waals surface area contributed by atoms with Crippen LogP contribution in [0.3, 0.4) is 0 Å². The summed E-state index contributed by atoms with van der Waals surface area (Å²) in [6.07, 6.45) is 6.48. The van der Waals surface area contributed by atoms with Crippen molar-refractivity contribution in [3.05, 3.63) is 70.2 Å².